The number of allylic oxidation sites excluding steroid dienone is 1. The Balaban J connectivity index is 2.64. The summed E-state index contributed by atoms with van der Waals surface area (Å²) in [5.41, 5.74) is 0.751. The summed E-state index contributed by atoms with van der Waals surface area (Å²) in [5.74, 6) is 0. The zero-order valence-electron chi connectivity index (χ0n) is 6.62. The molecule has 64 valence electrons. The van der Waals surface area contributed by atoms with Gasteiger partial charge in [0.05, 0.1) is 11.5 Å². The summed E-state index contributed by atoms with van der Waals surface area (Å²) in [6.45, 7) is 1.17. The van der Waals surface area contributed by atoms with Crippen molar-refractivity contribution in [2.24, 2.45) is 0 Å². The Morgan fingerprint density at radius 3 is 3.17 bits per heavy atom. The number of nitrogens with one attached hydrogen (secondary N) is 1. The fourth-order valence-corrected chi connectivity index (χ4v) is 1.41. The molecule has 0 aromatic carbocycles. The molecule has 1 aliphatic rings. The smallest absolute Gasteiger partial charge is 0.289 e. The third-order valence-corrected chi connectivity index (χ3v) is 1.93. The quantitative estimate of drug-likeness (QED) is 0.337. The van der Waals surface area contributed by atoms with E-state index in [4.69, 9.17) is 5.26 Å². The number of nitrogens with zero attached hydrogens (tertiary/aromatic N) is 2. The molecule has 0 aromatic heterocycles. The maximum absolute atomic E-state index is 10.1. The average Bonchev–Trinajstić information content (AvgIpc) is 2.37. The van der Waals surface area contributed by atoms with Crippen LogP contribution in [0.15, 0.2) is 11.9 Å². The van der Waals surface area contributed by atoms with E-state index < -0.39 is 4.92 Å². The molecule has 0 bridgehead atoms. The van der Waals surface area contributed by atoms with Crippen LogP contribution < -0.4 is 4.90 Å². The number of hydrogen-bond donors (Lipinski definition) is 1. The van der Waals surface area contributed by atoms with Gasteiger partial charge >= 0.3 is 0 Å². The van der Waals surface area contributed by atoms with Crippen molar-refractivity contribution < 1.29 is 9.82 Å². The summed E-state index contributed by atoms with van der Waals surface area (Å²) in [5, 5.41) is 18.5. The predicted molar refractivity (Wildman–Crippen MR) is 40.6 cm³/mol. The molecule has 0 aliphatic carbocycles. The SMILES string of the molecule is N#CC[NH+]1CCC/C1=C\[N+](=O)[O-]. The molecule has 1 N–H and O–H groups in total. The van der Waals surface area contributed by atoms with Crippen molar-refractivity contribution in [3.05, 3.63) is 22.0 Å². The average molecular weight is 168 g/mol. The van der Waals surface area contributed by atoms with E-state index in [-0.39, 0.29) is 0 Å². The lowest BCUT2D eigenvalue weighted by molar-refractivity contribution is -0.845. The minimum atomic E-state index is -0.446. The van der Waals surface area contributed by atoms with Crippen LogP contribution in [0.25, 0.3) is 0 Å². The Morgan fingerprint density at radius 1 is 1.83 bits per heavy atom. The number of hydrogen-bond acceptors (Lipinski definition) is 3. The Morgan fingerprint density at radius 2 is 2.58 bits per heavy atom. The molecule has 1 atom stereocenters. The van der Waals surface area contributed by atoms with Crippen LogP contribution in [0.4, 0.5) is 0 Å². The maximum atomic E-state index is 10.1. The highest BCUT2D eigenvalue weighted by molar-refractivity contribution is 4.90. The van der Waals surface area contributed by atoms with E-state index in [9.17, 15) is 10.1 Å². The van der Waals surface area contributed by atoms with E-state index in [2.05, 4.69) is 0 Å². The van der Waals surface area contributed by atoms with Gasteiger partial charge in [-0.2, -0.15) is 5.26 Å². The van der Waals surface area contributed by atoms with Gasteiger partial charge in [0.15, 0.2) is 12.2 Å². The highest BCUT2D eigenvalue weighted by Crippen LogP contribution is 2.02. The molecule has 1 heterocycles. The molecular formula is C7H10N3O2+. The highest BCUT2D eigenvalue weighted by atomic mass is 16.6. The first-order valence-corrected chi connectivity index (χ1v) is 3.80. The van der Waals surface area contributed by atoms with Crippen LogP contribution in [-0.4, -0.2) is 18.0 Å². The normalized spacial score (nSPS) is 25.6. The minimum Gasteiger partial charge on any atom is -0.289 e. The molecule has 0 radical (unpaired) electrons. The first kappa shape index (κ1) is 8.68. The first-order chi connectivity index (χ1) is 5.74. The predicted octanol–water partition coefficient (Wildman–Crippen LogP) is -0.693. The molecule has 1 unspecified atom stereocenters. The van der Waals surface area contributed by atoms with Crippen LogP contribution in [0, 0.1) is 21.4 Å². The van der Waals surface area contributed by atoms with E-state index in [1.165, 1.54) is 0 Å². The van der Waals surface area contributed by atoms with Crippen LogP contribution in [0.5, 0.6) is 0 Å². The molecule has 12 heavy (non-hydrogen) atoms. The topological polar surface area (TPSA) is 71.4 Å². The van der Waals surface area contributed by atoms with Gasteiger partial charge in [-0.1, -0.05) is 0 Å². The molecule has 0 saturated carbocycles. The van der Waals surface area contributed by atoms with Gasteiger partial charge < -0.3 is 0 Å². The molecule has 1 rings (SSSR count). The fourth-order valence-electron chi connectivity index (χ4n) is 1.41. The molecule has 5 heteroatoms. The lowest BCUT2D eigenvalue weighted by Crippen LogP contribution is -3.08. The second-order valence-corrected chi connectivity index (χ2v) is 2.73. The van der Waals surface area contributed by atoms with E-state index in [1.807, 2.05) is 6.07 Å². The van der Waals surface area contributed by atoms with Crippen LogP contribution >= 0.6 is 0 Å². The second-order valence-electron chi connectivity index (χ2n) is 2.73. The number of nitro groups is 1. The fraction of sp³-hybridized carbons (Fsp3) is 0.571. The van der Waals surface area contributed by atoms with Gasteiger partial charge in [-0.25, -0.2) is 0 Å². The molecule has 1 fully saturated rings. The van der Waals surface area contributed by atoms with E-state index >= 15 is 0 Å². The first-order valence-electron chi connectivity index (χ1n) is 3.80. The molecule has 5 nitrogen and oxygen atoms in total. The Bertz CT molecular complexity index is 254. The van der Waals surface area contributed by atoms with Crippen molar-refractivity contribution in [1.82, 2.24) is 0 Å². The monoisotopic (exact) mass is 168 g/mol. The summed E-state index contributed by atoms with van der Waals surface area (Å²) < 4.78 is 0. The number of nitriles is 1. The van der Waals surface area contributed by atoms with Gasteiger partial charge in [-0.15, -0.1) is 0 Å². The van der Waals surface area contributed by atoms with Crippen LogP contribution in [0.2, 0.25) is 0 Å². The molecule has 0 spiro atoms. The van der Waals surface area contributed by atoms with Crippen molar-refractivity contribution in [3.8, 4) is 6.07 Å². The van der Waals surface area contributed by atoms with Crippen molar-refractivity contribution in [2.45, 2.75) is 12.8 Å². The van der Waals surface area contributed by atoms with Crippen molar-refractivity contribution >= 4 is 0 Å². The zero-order valence-corrected chi connectivity index (χ0v) is 6.62. The van der Waals surface area contributed by atoms with Gasteiger partial charge in [0.2, 0.25) is 0 Å². The Kier molecular flexibility index (Phi) is 2.77. The standard InChI is InChI=1S/C7H9N3O2/c8-3-5-9-4-1-2-7(9)6-10(11)12/h6H,1-2,4-5H2/p+1/b7-6+. The second kappa shape index (κ2) is 3.83. The lowest BCUT2D eigenvalue weighted by atomic mass is 10.3. The van der Waals surface area contributed by atoms with Crippen molar-refractivity contribution in [3.63, 3.8) is 0 Å². The largest absolute Gasteiger partial charge is 0.290 e. The summed E-state index contributed by atoms with van der Waals surface area (Å²) in [6.07, 6.45) is 2.72. The van der Waals surface area contributed by atoms with E-state index in [0.717, 1.165) is 36.2 Å². The molecule has 1 saturated heterocycles. The third kappa shape index (κ3) is 2.04. The van der Waals surface area contributed by atoms with Gasteiger partial charge in [0.25, 0.3) is 6.20 Å². The van der Waals surface area contributed by atoms with Crippen LogP contribution in [0.1, 0.15) is 12.8 Å². The van der Waals surface area contributed by atoms with Crippen molar-refractivity contribution in [1.29, 1.82) is 5.26 Å². The van der Waals surface area contributed by atoms with Gasteiger partial charge in [0.1, 0.15) is 6.07 Å². The maximum Gasteiger partial charge on any atom is 0.290 e. The molecular weight excluding hydrogens is 158 g/mol. The third-order valence-electron chi connectivity index (χ3n) is 1.93. The zero-order chi connectivity index (χ0) is 8.97. The van der Waals surface area contributed by atoms with Crippen LogP contribution in [-0.2, 0) is 0 Å². The van der Waals surface area contributed by atoms with Gasteiger partial charge in [-0.3, -0.25) is 15.0 Å². The molecule has 0 aromatic rings. The number of quaternary nitrogens is 1. The minimum absolute atomic E-state index is 0.333. The summed E-state index contributed by atoms with van der Waals surface area (Å²) in [4.78, 5) is 10.6. The van der Waals surface area contributed by atoms with E-state index in [1.54, 1.807) is 0 Å². The van der Waals surface area contributed by atoms with Crippen LogP contribution in [0.3, 0.4) is 0 Å². The van der Waals surface area contributed by atoms with Crippen molar-refractivity contribution in [2.75, 3.05) is 13.1 Å². The Hall–Kier alpha value is -1.41. The number of rotatable bonds is 2. The van der Waals surface area contributed by atoms with Gasteiger partial charge in [-0.05, 0) is 0 Å². The molecule has 1 aliphatic heterocycles. The van der Waals surface area contributed by atoms with Gasteiger partial charge in [0, 0.05) is 12.8 Å². The summed E-state index contributed by atoms with van der Waals surface area (Å²) in [7, 11) is 0. The molecule has 0 amide bonds. The van der Waals surface area contributed by atoms with E-state index in [0.29, 0.717) is 6.54 Å². The summed E-state index contributed by atoms with van der Waals surface area (Å²) >= 11 is 0. The summed E-state index contributed by atoms with van der Waals surface area (Å²) in [6, 6.07) is 2.01. The Labute approximate surface area is 70.0 Å². The number of likely N-dealkylation sites (tertiary alicyclic amines) is 1. The lowest BCUT2D eigenvalue weighted by Gasteiger charge is -2.05. The highest BCUT2D eigenvalue weighted by Gasteiger charge is 2.24.